The van der Waals surface area contributed by atoms with Gasteiger partial charge in [-0.25, -0.2) is 23.9 Å². The number of nitrogens with one attached hydrogen (secondary N) is 1. The van der Waals surface area contributed by atoms with Crippen LogP contribution < -0.4 is 14.5 Å². The number of rotatable bonds is 12. The van der Waals surface area contributed by atoms with Crippen LogP contribution in [0.25, 0.3) is 11.2 Å². The van der Waals surface area contributed by atoms with Crippen molar-refractivity contribution in [3.8, 4) is 5.75 Å². The number of para-hydroxylation sites is 1. The molecule has 0 spiro atoms. The van der Waals surface area contributed by atoms with Crippen LogP contribution in [0.2, 0.25) is 0 Å². The highest BCUT2D eigenvalue weighted by Crippen LogP contribution is 2.49. The van der Waals surface area contributed by atoms with E-state index in [0.717, 1.165) is 0 Å². The normalized spacial score (nSPS) is 24.6. The maximum absolute atomic E-state index is 15.7. The molecule has 1 saturated heterocycles. The maximum Gasteiger partial charge on any atom is 0.459 e. The fourth-order valence-corrected chi connectivity index (χ4v) is 6.11. The maximum atomic E-state index is 15.7. The van der Waals surface area contributed by atoms with E-state index in [1.807, 2.05) is 0 Å². The number of imidazole rings is 1. The van der Waals surface area contributed by atoms with Gasteiger partial charge in [0.1, 0.15) is 29.3 Å². The van der Waals surface area contributed by atoms with Crippen LogP contribution in [0.1, 0.15) is 25.9 Å². The molecule has 2 aromatic heterocycles. The lowest BCUT2D eigenvalue weighted by atomic mass is 9.99. The summed E-state index contributed by atoms with van der Waals surface area (Å²) in [6, 6.07) is 7.01. The van der Waals surface area contributed by atoms with Gasteiger partial charge >= 0.3 is 13.7 Å². The molecule has 3 heterocycles. The first kappa shape index (κ1) is 31.1. The summed E-state index contributed by atoms with van der Waals surface area (Å²) in [6.07, 6.45) is -3.85. The van der Waals surface area contributed by atoms with Crippen LogP contribution in [-0.4, -0.2) is 87.7 Å². The number of fused-ring (bicyclic) bond motifs is 1. The van der Waals surface area contributed by atoms with E-state index in [4.69, 9.17) is 30.1 Å². The number of nitrogens with zero attached hydrogens (tertiary/aromatic N) is 5. The average Bonchev–Trinajstić information content (AvgIpc) is 3.46. The number of alkyl halides is 2. The number of aromatic nitrogens is 4. The van der Waals surface area contributed by atoms with Crippen LogP contribution in [0.4, 0.5) is 10.2 Å². The molecule has 4 rings (SSSR count). The number of carbonyl (C=O) groups is 1. The summed E-state index contributed by atoms with van der Waals surface area (Å²) in [7, 11) is -0.764. The molecular formula is C25H33ClFN6O7P. The summed E-state index contributed by atoms with van der Waals surface area (Å²) in [5, 5.41) is 13.5. The Morgan fingerprint density at radius 2 is 2.05 bits per heavy atom. The molecule has 13 nitrogen and oxygen atoms in total. The van der Waals surface area contributed by atoms with Crippen LogP contribution in [0.5, 0.6) is 5.75 Å². The fraction of sp³-hybridized carbons (Fsp3) is 0.520. The van der Waals surface area contributed by atoms with Gasteiger partial charge in [-0.1, -0.05) is 18.2 Å². The lowest BCUT2D eigenvalue weighted by Gasteiger charge is -2.31. The summed E-state index contributed by atoms with van der Waals surface area (Å²) >= 11 is 6.23. The van der Waals surface area contributed by atoms with E-state index in [1.165, 1.54) is 30.0 Å². The number of benzene rings is 1. The molecule has 224 valence electrons. The van der Waals surface area contributed by atoms with Crippen LogP contribution in [0.3, 0.4) is 0 Å². The summed E-state index contributed by atoms with van der Waals surface area (Å²) in [6.45, 7) is 4.18. The minimum Gasteiger partial charge on any atom is -0.465 e. The van der Waals surface area contributed by atoms with E-state index >= 15 is 4.39 Å². The van der Waals surface area contributed by atoms with Crippen LogP contribution in [-0.2, 0) is 23.4 Å². The van der Waals surface area contributed by atoms with Gasteiger partial charge in [0.05, 0.1) is 25.4 Å². The molecule has 0 radical (unpaired) electrons. The standard InChI is InChI=1S/C25H33ClFN6O7P/c1-6-37-24(35)15(2)31-41(36,40-17-10-8-7-9-11-17)38-13-25(12-26)20(34)18(27)23(39-25)33-14-28-19-21(32(4)5)29-16(3)30-22(19)33/h7-11,14-15,18,20,23,34H,6,12-13H2,1-5H3,(H,31,36)/t15-,18-,20+,23-,25-,41+/m1/s1. The third-order valence-corrected chi connectivity index (χ3v) is 8.42. The highest BCUT2D eigenvalue weighted by molar-refractivity contribution is 7.52. The first-order chi connectivity index (χ1) is 19.4. The van der Waals surface area contributed by atoms with Gasteiger partial charge in [0, 0.05) is 14.1 Å². The number of hydrogen-bond donors (Lipinski definition) is 2. The second-order valence-corrected chi connectivity index (χ2v) is 11.6. The van der Waals surface area contributed by atoms with Crippen molar-refractivity contribution < 1.29 is 37.4 Å². The molecule has 3 aromatic rings. The molecule has 1 aromatic carbocycles. The van der Waals surface area contributed by atoms with E-state index in [2.05, 4.69) is 20.0 Å². The van der Waals surface area contributed by atoms with E-state index in [1.54, 1.807) is 51.0 Å². The highest BCUT2D eigenvalue weighted by atomic mass is 35.5. The van der Waals surface area contributed by atoms with Gasteiger partial charge in [-0.2, -0.15) is 5.09 Å². The van der Waals surface area contributed by atoms with Gasteiger partial charge in [-0.15, -0.1) is 11.6 Å². The van der Waals surface area contributed by atoms with E-state index in [9.17, 15) is 14.5 Å². The van der Waals surface area contributed by atoms with Crippen molar-refractivity contribution in [3.63, 3.8) is 0 Å². The Labute approximate surface area is 241 Å². The topological polar surface area (TPSA) is 150 Å². The molecule has 0 unspecified atom stereocenters. The Hall–Kier alpha value is -2.87. The largest absolute Gasteiger partial charge is 0.465 e. The molecule has 0 bridgehead atoms. The van der Waals surface area contributed by atoms with Crippen LogP contribution >= 0.6 is 19.3 Å². The monoisotopic (exact) mass is 614 g/mol. The summed E-state index contributed by atoms with van der Waals surface area (Å²) < 4.78 is 53.2. The molecule has 0 saturated carbocycles. The Bertz CT molecular complexity index is 1420. The number of halogens is 2. The Balaban J connectivity index is 1.62. The molecule has 41 heavy (non-hydrogen) atoms. The molecule has 1 fully saturated rings. The number of anilines is 1. The number of ether oxygens (including phenoxy) is 2. The molecule has 6 atom stereocenters. The van der Waals surface area contributed by atoms with Gasteiger partial charge < -0.3 is 24.0 Å². The highest BCUT2D eigenvalue weighted by Gasteiger charge is 2.57. The van der Waals surface area contributed by atoms with Crippen molar-refractivity contribution in [1.82, 2.24) is 24.6 Å². The van der Waals surface area contributed by atoms with Crippen LogP contribution in [0, 0.1) is 6.92 Å². The zero-order chi connectivity index (χ0) is 29.9. The predicted octanol–water partition coefficient (Wildman–Crippen LogP) is 3.15. The number of aliphatic hydroxyl groups is 1. The van der Waals surface area contributed by atoms with E-state index in [0.29, 0.717) is 17.2 Å². The minimum absolute atomic E-state index is 0.105. The second kappa shape index (κ2) is 12.6. The number of aryl methyl sites for hydroxylation is 1. The molecule has 2 N–H and O–H groups in total. The SMILES string of the molecule is CCOC(=O)[C@@H](C)N[P@](=O)(OC[C@@]1(CCl)O[C@@H](n2cnc3c(N(C)C)nc(C)nc32)[C@H](F)[C@@H]1O)Oc1ccccc1. The zero-order valence-electron chi connectivity index (χ0n) is 23.2. The molecule has 0 amide bonds. The Morgan fingerprint density at radius 1 is 1.34 bits per heavy atom. The van der Waals surface area contributed by atoms with Gasteiger partial charge in [0.2, 0.25) is 0 Å². The first-order valence-electron chi connectivity index (χ1n) is 12.8. The fourth-order valence-electron chi connectivity index (χ4n) is 4.27. The number of esters is 1. The minimum atomic E-state index is -4.34. The van der Waals surface area contributed by atoms with E-state index < -0.39 is 56.3 Å². The smallest absolute Gasteiger partial charge is 0.459 e. The van der Waals surface area contributed by atoms with Crippen molar-refractivity contribution in [2.45, 2.75) is 50.9 Å². The third kappa shape index (κ3) is 6.47. The van der Waals surface area contributed by atoms with Crippen molar-refractivity contribution in [1.29, 1.82) is 0 Å². The number of carbonyl (C=O) groups excluding carboxylic acids is 1. The molecule has 1 aliphatic heterocycles. The molecule has 0 aliphatic carbocycles. The Kier molecular flexibility index (Phi) is 9.52. The van der Waals surface area contributed by atoms with Crippen molar-refractivity contribution in [3.05, 3.63) is 42.5 Å². The summed E-state index contributed by atoms with van der Waals surface area (Å²) in [4.78, 5) is 27.1. The average molecular weight is 615 g/mol. The quantitative estimate of drug-likeness (QED) is 0.175. The summed E-state index contributed by atoms with van der Waals surface area (Å²) in [5.74, 6) is -0.0157. The van der Waals surface area contributed by atoms with E-state index in [-0.39, 0.29) is 18.0 Å². The van der Waals surface area contributed by atoms with Crippen molar-refractivity contribution in [2.75, 3.05) is 38.1 Å². The Morgan fingerprint density at radius 3 is 2.68 bits per heavy atom. The third-order valence-electron chi connectivity index (χ3n) is 6.35. The zero-order valence-corrected chi connectivity index (χ0v) is 24.9. The van der Waals surface area contributed by atoms with Crippen molar-refractivity contribution in [2.24, 2.45) is 0 Å². The first-order valence-corrected chi connectivity index (χ1v) is 14.9. The predicted molar refractivity (Wildman–Crippen MR) is 149 cm³/mol. The van der Waals surface area contributed by atoms with Gasteiger partial charge in [0.15, 0.2) is 29.4 Å². The number of hydrogen-bond acceptors (Lipinski definition) is 11. The second-order valence-electron chi connectivity index (χ2n) is 9.69. The van der Waals surface area contributed by atoms with Gasteiger partial charge in [-0.05, 0) is 32.9 Å². The van der Waals surface area contributed by atoms with Crippen molar-refractivity contribution >= 4 is 42.3 Å². The molecular weight excluding hydrogens is 582 g/mol. The van der Waals surface area contributed by atoms with Gasteiger partial charge in [0.25, 0.3) is 0 Å². The number of aliphatic hydroxyl groups excluding tert-OH is 1. The molecule has 1 aliphatic rings. The summed E-state index contributed by atoms with van der Waals surface area (Å²) in [5.41, 5.74) is -1.17. The van der Waals surface area contributed by atoms with Gasteiger partial charge in [-0.3, -0.25) is 13.9 Å². The lowest BCUT2D eigenvalue weighted by Crippen LogP contribution is -2.48. The van der Waals surface area contributed by atoms with Crippen LogP contribution in [0.15, 0.2) is 36.7 Å². The lowest BCUT2D eigenvalue weighted by molar-refractivity contribution is -0.144. The molecule has 16 heteroatoms.